The van der Waals surface area contributed by atoms with Crippen LogP contribution in [0.3, 0.4) is 0 Å². The predicted octanol–water partition coefficient (Wildman–Crippen LogP) is 4.70. The Kier molecular flexibility index (Phi) is 4.42. The van der Waals surface area contributed by atoms with E-state index in [0.29, 0.717) is 0 Å². The van der Waals surface area contributed by atoms with Crippen molar-refractivity contribution in [2.24, 2.45) is 14.1 Å². The van der Waals surface area contributed by atoms with E-state index < -0.39 is 0 Å². The van der Waals surface area contributed by atoms with Gasteiger partial charge in [0.15, 0.2) is 0 Å². The Labute approximate surface area is 176 Å². The van der Waals surface area contributed by atoms with Crippen molar-refractivity contribution in [3.8, 4) is 0 Å². The van der Waals surface area contributed by atoms with Crippen molar-refractivity contribution in [3.05, 3.63) is 65.1 Å². The quantitative estimate of drug-likeness (QED) is 0.489. The Morgan fingerprint density at radius 1 is 1.03 bits per heavy atom. The van der Waals surface area contributed by atoms with Gasteiger partial charge in [-0.1, -0.05) is 12.1 Å². The van der Waals surface area contributed by atoms with E-state index in [1.807, 2.05) is 23.1 Å². The third kappa shape index (κ3) is 2.83. The van der Waals surface area contributed by atoms with Crippen molar-refractivity contribution in [2.75, 3.05) is 13.1 Å². The summed E-state index contributed by atoms with van der Waals surface area (Å²) in [5, 5.41) is 1.17. The van der Waals surface area contributed by atoms with E-state index in [1.54, 1.807) is 0 Å². The standard InChI is InChI=1S/C25H28N4O/c1-16-17(2)27(3)22-12-11-18(14-20(16)22)25(30)29-13-7-8-19(15-29)24-26-21-9-5-6-10-23(21)28(24)4/h5-6,9-12,14,19H,7-8,13,15H2,1-4H3. The minimum absolute atomic E-state index is 0.126. The summed E-state index contributed by atoms with van der Waals surface area (Å²) < 4.78 is 4.39. The number of nitrogens with zero attached hydrogens (tertiary/aromatic N) is 4. The molecule has 1 unspecified atom stereocenters. The summed E-state index contributed by atoms with van der Waals surface area (Å²) in [5.74, 6) is 1.48. The van der Waals surface area contributed by atoms with E-state index in [4.69, 9.17) is 4.98 Å². The molecule has 1 fully saturated rings. The number of hydrogen-bond acceptors (Lipinski definition) is 2. The fourth-order valence-electron chi connectivity index (χ4n) is 4.97. The number of benzene rings is 2. The summed E-state index contributed by atoms with van der Waals surface area (Å²) in [5.41, 5.74) is 6.63. The van der Waals surface area contributed by atoms with Gasteiger partial charge < -0.3 is 14.0 Å². The normalized spacial score (nSPS) is 17.2. The van der Waals surface area contributed by atoms with Crippen LogP contribution in [0.25, 0.3) is 21.9 Å². The van der Waals surface area contributed by atoms with Crippen molar-refractivity contribution in [3.63, 3.8) is 0 Å². The lowest BCUT2D eigenvalue weighted by Gasteiger charge is -2.32. The van der Waals surface area contributed by atoms with Gasteiger partial charge in [-0.25, -0.2) is 4.98 Å². The van der Waals surface area contributed by atoms with Gasteiger partial charge in [0, 0.05) is 55.3 Å². The van der Waals surface area contributed by atoms with Crippen LogP contribution in [0.15, 0.2) is 42.5 Å². The third-order valence-electron chi connectivity index (χ3n) is 6.95. The molecule has 5 rings (SSSR count). The number of fused-ring (bicyclic) bond motifs is 2. The average molecular weight is 401 g/mol. The predicted molar refractivity (Wildman–Crippen MR) is 121 cm³/mol. The van der Waals surface area contributed by atoms with E-state index in [9.17, 15) is 4.79 Å². The molecule has 1 aliphatic rings. The van der Waals surface area contributed by atoms with Crippen LogP contribution in [0.2, 0.25) is 0 Å². The number of rotatable bonds is 2. The van der Waals surface area contributed by atoms with Gasteiger partial charge in [0.2, 0.25) is 0 Å². The molecule has 1 amide bonds. The van der Waals surface area contributed by atoms with Crippen molar-refractivity contribution >= 4 is 27.8 Å². The van der Waals surface area contributed by atoms with E-state index in [0.717, 1.165) is 48.4 Å². The Morgan fingerprint density at radius 3 is 2.63 bits per heavy atom. The minimum atomic E-state index is 0.126. The molecule has 3 heterocycles. The number of imidazole rings is 1. The van der Waals surface area contributed by atoms with Gasteiger partial charge in [-0.15, -0.1) is 0 Å². The van der Waals surface area contributed by atoms with E-state index in [2.05, 4.69) is 61.3 Å². The summed E-state index contributed by atoms with van der Waals surface area (Å²) in [6, 6.07) is 14.4. The fraction of sp³-hybridized carbons (Fsp3) is 0.360. The maximum Gasteiger partial charge on any atom is 0.253 e. The fourth-order valence-corrected chi connectivity index (χ4v) is 4.97. The lowest BCUT2D eigenvalue weighted by atomic mass is 9.96. The van der Waals surface area contributed by atoms with Gasteiger partial charge in [-0.05, 0) is 62.6 Å². The SMILES string of the molecule is Cc1c(C)n(C)c2ccc(C(=O)N3CCCC(c4nc5ccccc5n4C)C3)cc12. The van der Waals surface area contributed by atoms with Crippen LogP contribution in [0.5, 0.6) is 0 Å². The smallest absolute Gasteiger partial charge is 0.253 e. The molecular formula is C25H28N4O. The van der Waals surface area contributed by atoms with Crippen molar-refractivity contribution < 1.29 is 4.79 Å². The second-order valence-corrected chi connectivity index (χ2v) is 8.61. The number of aromatic nitrogens is 3. The molecule has 2 aromatic carbocycles. The summed E-state index contributed by atoms with van der Waals surface area (Å²) in [4.78, 5) is 20.3. The molecular weight excluding hydrogens is 372 g/mol. The molecule has 30 heavy (non-hydrogen) atoms. The number of amides is 1. The number of carbonyl (C=O) groups is 1. The number of hydrogen-bond donors (Lipinski definition) is 0. The highest BCUT2D eigenvalue weighted by atomic mass is 16.2. The van der Waals surface area contributed by atoms with Crippen LogP contribution in [-0.2, 0) is 14.1 Å². The highest BCUT2D eigenvalue weighted by molar-refractivity contribution is 5.99. The van der Waals surface area contributed by atoms with Crippen molar-refractivity contribution in [1.82, 2.24) is 19.0 Å². The average Bonchev–Trinajstić information content (AvgIpc) is 3.23. The summed E-state index contributed by atoms with van der Waals surface area (Å²) in [6.45, 7) is 5.79. The first-order chi connectivity index (χ1) is 14.5. The summed E-state index contributed by atoms with van der Waals surface area (Å²) in [7, 11) is 4.16. The summed E-state index contributed by atoms with van der Waals surface area (Å²) >= 11 is 0. The first kappa shape index (κ1) is 18.9. The lowest BCUT2D eigenvalue weighted by Crippen LogP contribution is -2.39. The van der Waals surface area contributed by atoms with Gasteiger partial charge in [-0.3, -0.25) is 4.79 Å². The number of piperidine rings is 1. The van der Waals surface area contributed by atoms with Crippen molar-refractivity contribution in [2.45, 2.75) is 32.6 Å². The maximum absolute atomic E-state index is 13.4. The van der Waals surface area contributed by atoms with Crippen LogP contribution in [0.1, 0.15) is 46.2 Å². The zero-order valence-electron chi connectivity index (χ0n) is 18.1. The van der Waals surface area contributed by atoms with Crippen LogP contribution in [-0.4, -0.2) is 38.0 Å². The van der Waals surface area contributed by atoms with E-state index in [1.165, 1.54) is 22.2 Å². The molecule has 0 spiro atoms. The largest absolute Gasteiger partial charge is 0.348 e. The monoisotopic (exact) mass is 400 g/mol. The first-order valence-corrected chi connectivity index (χ1v) is 10.7. The van der Waals surface area contributed by atoms with Crippen LogP contribution in [0.4, 0.5) is 0 Å². The molecule has 1 atom stereocenters. The lowest BCUT2D eigenvalue weighted by molar-refractivity contribution is 0.0704. The molecule has 0 aliphatic carbocycles. The zero-order chi connectivity index (χ0) is 21.0. The minimum Gasteiger partial charge on any atom is -0.348 e. The number of para-hydroxylation sites is 2. The molecule has 0 N–H and O–H groups in total. The Bertz CT molecular complexity index is 1280. The Hall–Kier alpha value is -3.08. The molecule has 1 saturated heterocycles. The van der Waals surface area contributed by atoms with Crippen LogP contribution < -0.4 is 0 Å². The molecule has 1 aliphatic heterocycles. The number of carbonyl (C=O) groups excluding carboxylic acids is 1. The highest BCUT2D eigenvalue weighted by Gasteiger charge is 2.28. The van der Waals surface area contributed by atoms with Gasteiger partial charge in [-0.2, -0.15) is 0 Å². The molecule has 154 valence electrons. The highest BCUT2D eigenvalue weighted by Crippen LogP contribution is 2.30. The van der Waals surface area contributed by atoms with Gasteiger partial charge >= 0.3 is 0 Å². The third-order valence-corrected chi connectivity index (χ3v) is 6.95. The molecule has 0 radical (unpaired) electrons. The molecule has 4 aromatic rings. The Morgan fingerprint density at radius 2 is 1.83 bits per heavy atom. The summed E-state index contributed by atoms with van der Waals surface area (Å²) in [6.07, 6.45) is 2.07. The van der Waals surface area contributed by atoms with E-state index >= 15 is 0 Å². The van der Waals surface area contributed by atoms with Crippen molar-refractivity contribution in [1.29, 1.82) is 0 Å². The second kappa shape index (κ2) is 7.01. The Balaban J connectivity index is 1.44. The molecule has 2 aromatic heterocycles. The first-order valence-electron chi connectivity index (χ1n) is 10.7. The zero-order valence-corrected chi connectivity index (χ0v) is 18.1. The van der Waals surface area contributed by atoms with Crippen LogP contribution in [0, 0.1) is 13.8 Å². The molecule has 0 saturated carbocycles. The van der Waals surface area contributed by atoms with E-state index in [-0.39, 0.29) is 11.8 Å². The molecule has 5 nitrogen and oxygen atoms in total. The van der Waals surface area contributed by atoms with Gasteiger partial charge in [0.05, 0.1) is 11.0 Å². The maximum atomic E-state index is 13.4. The second-order valence-electron chi connectivity index (χ2n) is 8.61. The molecule has 0 bridgehead atoms. The van der Waals surface area contributed by atoms with Crippen LogP contribution >= 0.6 is 0 Å². The van der Waals surface area contributed by atoms with Gasteiger partial charge in [0.25, 0.3) is 5.91 Å². The van der Waals surface area contributed by atoms with Gasteiger partial charge in [0.1, 0.15) is 5.82 Å². The number of likely N-dealkylation sites (tertiary alicyclic amines) is 1. The molecule has 5 heteroatoms. The topological polar surface area (TPSA) is 43.1 Å². The number of aryl methyl sites for hydroxylation is 3.